The van der Waals surface area contributed by atoms with Gasteiger partial charge in [0.25, 0.3) is 0 Å². The lowest BCUT2D eigenvalue weighted by Gasteiger charge is -2.30. The number of carbonyl (C=O) groups is 1. The van der Waals surface area contributed by atoms with Crippen LogP contribution in [-0.2, 0) is 11.2 Å². The van der Waals surface area contributed by atoms with Crippen molar-refractivity contribution in [3.05, 3.63) is 35.9 Å². The lowest BCUT2D eigenvalue weighted by atomic mass is 9.93. The van der Waals surface area contributed by atoms with E-state index in [1.165, 1.54) is 18.4 Å². The molecular formula is C21H37Cl2N3O. The van der Waals surface area contributed by atoms with Crippen LogP contribution in [0.4, 0.5) is 0 Å². The molecule has 0 aliphatic carbocycles. The Balaban J connectivity index is 0.00000338. The predicted octanol–water partition coefficient (Wildman–Crippen LogP) is 3.68. The molecule has 1 atom stereocenters. The number of benzene rings is 1. The fourth-order valence-corrected chi connectivity index (χ4v) is 3.78. The van der Waals surface area contributed by atoms with Crippen LogP contribution in [0.5, 0.6) is 0 Å². The molecule has 2 N–H and O–H groups in total. The van der Waals surface area contributed by atoms with E-state index in [2.05, 4.69) is 59.7 Å². The second-order valence-electron chi connectivity index (χ2n) is 7.10. The molecule has 6 heteroatoms. The summed E-state index contributed by atoms with van der Waals surface area (Å²) in [6.45, 7) is 9.36. The Hall–Kier alpha value is -0.810. The molecule has 1 aromatic carbocycles. The van der Waals surface area contributed by atoms with Crippen LogP contribution >= 0.6 is 24.8 Å². The Bertz CT molecular complexity index is 491. The van der Waals surface area contributed by atoms with E-state index in [1.54, 1.807) is 0 Å². The van der Waals surface area contributed by atoms with Gasteiger partial charge in [0.2, 0.25) is 5.91 Å². The molecule has 0 saturated carbocycles. The average molecular weight is 418 g/mol. The summed E-state index contributed by atoms with van der Waals surface area (Å²) in [7, 11) is 0. The normalized spacial score (nSPS) is 15.5. The van der Waals surface area contributed by atoms with Gasteiger partial charge in [-0.3, -0.25) is 9.69 Å². The third-order valence-corrected chi connectivity index (χ3v) is 5.42. The fourth-order valence-electron chi connectivity index (χ4n) is 3.78. The Kier molecular flexibility index (Phi) is 14.7. The fraction of sp³-hybridized carbons (Fsp3) is 0.667. The molecule has 156 valence electrons. The van der Waals surface area contributed by atoms with Gasteiger partial charge in [0, 0.05) is 19.0 Å². The average Bonchev–Trinajstić information content (AvgIpc) is 2.67. The first kappa shape index (κ1) is 26.2. The van der Waals surface area contributed by atoms with Crippen molar-refractivity contribution in [2.24, 2.45) is 5.92 Å². The maximum absolute atomic E-state index is 12.3. The summed E-state index contributed by atoms with van der Waals surface area (Å²) in [6.07, 6.45) is 5.10. The van der Waals surface area contributed by atoms with E-state index < -0.39 is 0 Å². The number of hydrogen-bond donors (Lipinski definition) is 2. The minimum absolute atomic E-state index is 0. The van der Waals surface area contributed by atoms with Crippen LogP contribution in [0.15, 0.2) is 30.3 Å². The summed E-state index contributed by atoms with van der Waals surface area (Å²) >= 11 is 0. The standard InChI is InChI=1S/C21H35N3O.2ClH/c1-3-24(4-2)20(16-19-8-6-5-7-9-19)17-23-21(25)11-10-18-12-14-22-15-13-18;;/h5-9,18,20,22H,3-4,10-17H2,1-2H3,(H,23,25);2*1H. The molecule has 1 saturated heterocycles. The minimum atomic E-state index is 0. The smallest absolute Gasteiger partial charge is 0.220 e. The number of nitrogens with zero attached hydrogens (tertiary/aromatic N) is 1. The number of piperidine rings is 1. The van der Waals surface area contributed by atoms with Crippen molar-refractivity contribution in [1.29, 1.82) is 0 Å². The summed E-state index contributed by atoms with van der Waals surface area (Å²) in [5.74, 6) is 0.929. The first-order valence-corrected chi connectivity index (χ1v) is 9.98. The highest BCUT2D eigenvalue weighted by Crippen LogP contribution is 2.17. The van der Waals surface area contributed by atoms with Crippen molar-refractivity contribution < 1.29 is 4.79 Å². The van der Waals surface area contributed by atoms with Crippen molar-refractivity contribution >= 4 is 30.7 Å². The molecule has 1 amide bonds. The van der Waals surface area contributed by atoms with Crippen molar-refractivity contribution in [2.45, 2.75) is 52.0 Å². The Morgan fingerprint density at radius 2 is 1.78 bits per heavy atom. The molecule has 1 aliphatic heterocycles. The van der Waals surface area contributed by atoms with Crippen LogP contribution in [0, 0.1) is 5.92 Å². The van der Waals surface area contributed by atoms with E-state index in [0.29, 0.717) is 12.5 Å². The second-order valence-corrected chi connectivity index (χ2v) is 7.10. The Labute approximate surface area is 177 Å². The highest BCUT2D eigenvalue weighted by molar-refractivity contribution is 5.85. The van der Waals surface area contributed by atoms with Crippen LogP contribution in [-0.4, -0.2) is 49.6 Å². The van der Waals surface area contributed by atoms with Gasteiger partial charge in [-0.15, -0.1) is 24.8 Å². The summed E-state index contributed by atoms with van der Waals surface area (Å²) in [4.78, 5) is 14.7. The van der Waals surface area contributed by atoms with Gasteiger partial charge >= 0.3 is 0 Å². The highest BCUT2D eigenvalue weighted by Gasteiger charge is 2.18. The SMILES string of the molecule is CCN(CC)C(CNC(=O)CCC1CCNCC1)Cc1ccccc1.Cl.Cl. The number of amides is 1. The number of likely N-dealkylation sites (N-methyl/N-ethyl adjacent to an activating group) is 1. The molecule has 0 aromatic heterocycles. The molecule has 1 aliphatic rings. The van der Waals surface area contributed by atoms with Gasteiger partial charge < -0.3 is 10.6 Å². The third-order valence-electron chi connectivity index (χ3n) is 5.42. The molecule has 27 heavy (non-hydrogen) atoms. The van der Waals surface area contributed by atoms with Crippen molar-refractivity contribution in [3.8, 4) is 0 Å². The largest absolute Gasteiger partial charge is 0.355 e. The topological polar surface area (TPSA) is 44.4 Å². The molecule has 1 aromatic rings. The van der Waals surface area contributed by atoms with Crippen molar-refractivity contribution in [1.82, 2.24) is 15.5 Å². The molecule has 0 bridgehead atoms. The van der Waals surface area contributed by atoms with Crippen LogP contribution in [0.25, 0.3) is 0 Å². The molecule has 0 spiro atoms. The van der Waals surface area contributed by atoms with Gasteiger partial charge in [0.05, 0.1) is 0 Å². The third kappa shape index (κ3) is 9.79. The zero-order valence-electron chi connectivity index (χ0n) is 16.8. The van der Waals surface area contributed by atoms with E-state index in [9.17, 15) is 4.79 Å². The summed E-state index contributed by atoms with van der Waals surface area (Å²) in [5.41, 5.74) is 1.34. The molecular weight excluding hydrogens is 381 g/mol. The van der Waals surface area contributed by atoms with E-state index in [1.807, 2.05) is 0 Å². The van der Waals surface area contributed by atoms with Gasteiger partial charge in [-0.25, -0.2) is 0 Å². The molecule has 4 nitrogen and oxygen atoms in total. The number of rotatable bonds is 10. The van der Waals surface area contributed by atoms with E-state index in [4.69, 9.17) is 0 Å². The Morgan fingerprint density at radius 3 is 2.37 bits per heavy atom. The Morgan fingerprint density at radius 1 is 1.15 bits per heavy atom. The lowest BCUT2D eigenvalue weighted by Crippen LogP contribution is -2.45. The molecule has 1 unspecified atom stereocenters. The predicted molar refractivity (Wildman–Crippen MR) is 119 cm³/mol. The quantitative estimate of drug-likeness (QED) is 0.609. The highest BCUT2D eigenvalue weighted by atomic mass is 35.5. The van der Waals surface area contributed by atoms with Gasteiger partial charge in [-0.1, -0.05) is 44.2 Å². The maximum Gasteiger partial charge on any atom is 0.220 e. The molecule has 2 rings (SSSR count). The summed E-state index contributed by atoms with van der Waals surface area (Å²) < 4.78 is 0. The van der Waals surface area contributed by atoms with Crippen molar-refractivity contribution in [2.75, 3.05) is 32.7 Å². The lowest BCUT2D eigenvalue weighted by molar-refractivity contribution is -0.121. The van der Waals surface area contributed by atoms with Crippen LogP contribution in [0.1, 0.15) is 45.1 Å². The van der Waals surface area contributed by atoms with Crippen LogP contribution in [0.2, 0.25) is 0 Å². The van der Waals surface area contributed by atoms with E-state index in [-0.39, 0.29) is 30.7 Å². The molecule has 1 fully saturated rings. The first-order chi connectivity index (χ1) is 12.2. The second kappa shape index (κ2) is 15.2. The zero-order chi connectivity index (χ0) is 17.9. The minimum Gasteiger partial charge on any atom is -0.355 e. The number of hydrogen-bond acceptors (Lipinski definition) is 3. The zero-order valence-corrected chi connectivity index (χ0v) is 18.4. The molecule has 1 heterocycles. The van der Waals surface area contributed by atoms with Gasteiger partial charge in [0.1, 0.15) is 0 Å². The number of halogens is 2. The van der Waals surface area contributed by atoms with E-state index in [0.717, 1.165) is 51.5 Å². The van der Waals surface area contributed by atoms with E-state index >= 15 is 0 Å². The van der Waals surface area contributed by atoms with Gasteiger partial charge in [-0.05, 0) is 63.3 Å². The summed E-state index contributed by atoms with van der Waals surface area (Å²) in [5, 5.41) is 6.58. The van der Waals surface area contributed by atoms with Crippen molar-refractivity contribution in [3.63, 3.8) is 0 Å². The number of carbonyl (C=O) groups excluding carboxylic acids is 1. The first-order valence-electron chi connectivity index (χ1n) is 9.98. The van der Waals surface area contributed by atoms with Gasteiger partial charge in [-0.2, -0.15) is 0 Å². The number of nitrogens with one attached hydrogen (secondary N) is 2. The monoisotopic (exact) mass is 417 g/mol. The van der Waals surface area contributed by atoms with Crippen LogP contribution < -0.4 is 10.6 Å². The molecule has 0 radical (unpaired) electrons. The van der Waals surface area contributed by atoms with Gasteiger partial charge in [0.15, 0.2) is 0 Å². The summed E-state index contributed by atoms with van der Waals surface area (Å²) in [6, 6.07) is 10.9. The maximum atomic E-state index is 12.3. The van der Waals surface area contributed by atoms with Crippen LogP contribution in [0.3, 0.4) is 0 Å².